The lowest BCUT2D eigenvalue weighted by atomic mass is 10.1. The van der Waals surface area contributed by atoms with Gasteiger partial charge >= 0.3 is 0 Å². The monoisotopic (exact) mass is 625 g/mol. The van der Waals surface area contributed by atoms with Crippen molar-refractivity contribution in [2.75, 3.05) is 31.5 Å². The molecule has 0 bridgehead atoms. The summed E-state index contributed by atoms with van der Waals surface area (Å²) in [4.78, 5) is 35.8. The number of carbonyl (C=O) groups is 2. The Morgan fingerprint density at radius 1 is 0.565 bits per heavy atom. The number of pyridine rings is 3. The fraction of sp³-hybridized carbons (Fsp3) is 0.432. The highest BCUT2D eigenvalue weighted by Gasteiger charge is 2.05. The molecule has 0 radical (unpaired) electrons. The van der Waals surface area contributed by atoms with Gasteiger partial charge in [-0.3, -0.25) is 24.5 Å². The van der Waals surface area contributed by atoms with E-state index in [1.54, 1.807) is 49.1 Å². The van der Waals surface area contributed by atoms with Crippen LogP contribution in [0.3, 0.4) is 0 Å². The SMILES string of the molecule is NCCCCCCCCNC(=O)c1cccnc1.O=C(NCCCCCCCCNc1ccnc2ccccc12)c1cccnc1. The van der Waals surface area contributed by atoms with Crippen molar-refractivity contribution in [3.05, 3.63) is 96.7 Å². The van der Waals surface area contributed by atoms with Gasteiger partial charge in [0.2, 0.25) is 0 Å². The van der Waals surface area contributed by atoms with Crippen LogP contribution in [0.4, 0.5) is 5.69 Å². The number of nitrogens with one attached hydrogen (secondary N) is 3. The van der Waals surface area contributed by atoms with E-state index in [-0.39, 0.29) is 11.8 Å². The van der Waals surface area contributed by atoms with E-state index in [1.165, 1.54) is 43.9 Å². The number of nitrogens with zero attached hydrogens (tertiary/aromatic N) is 3. The number of nitrogens with two attached hydrogens (primary N) is 1. The van der Waals surface area contributed by atoms with Crippen molar-refractivity contribution < 1.29 is 9.59 Å². The van der Waals surface area contributed by atoms with Gasteiger partial charge in [-0.15, -0.1) is 0 Å². The molecule has 246 valence electrons. The minimum absolute atomic E-state index is 0.0359. The van der Waals surface area contributed by atoms with Crippen molar-refractivity contribution in [2.45, 2.75) is 77.0 Å². The highest BCUT2D eigenvalue weighted by atomic mass is 16.2. The Bertz CT molecular complexity index is 1380. The predicted octanol–water partition coefficient (Wildman–Crippen LogP) is 6.92. The number of aromatic nitrogens is 3. The average molecular weight is 626 g/mol. The summed E-state index contributed by atoms with van der Waals surface area (Å²) in [5.74, 6) is -0.0750. The number of fused-ring (bicyclic) bond motifs is 1. The lowest BCUT2D eigenvalue weighted by Crippen LogP contribution is -2.24. The quantitative estimate of drug-likeness (QED) is 0.0783. The molecule has 46 heavy (non-hydrogen) atoms. The lowest BCUT2D eigenvalue weighted by molar-refractivity contribution is 0.0944. The van der Waals surface area contributed by atoms with Crippen molar-refractivity contribution in [1.29, 1.82) is 0 Å². The Morgan fingerprint density at radius 2 is 1.09 bits per heavy atom. The van der Waals surface area contributed by atoms with E-state index >= 15 is 0 Å². The third kappa shape index (κ3) is 14.6. The summed E-state index contributed by atoms with van der Waals surface area (Å²) in [5.41, 5.74) is 8.87. The molecule has 0 aliphatic heterocycles. The summed E-state index contributed by atoms with van der Waals surface area (Å²) in [5, 5.41) is 10.6. The minimum atomic E-state index is -0.0391. The van der Waals surface area contributed by atoms with E-state index in [9.17, 15) is 9.59 Å². The minimum Gasteiger partial charge on any atom is -0.384 e. The Hall–Kier alpha value is -4.37. The molecule has 0 aliphatic rings. The molecule has 2 amide bonds. The van der Waals surface area contributed by atoms with Crippen LogP contribution in [0.1, 0.15) is 97.8 Å². The predicted molar refractivity (Wildman–Crippen MR) is 188 cm³/mol. The molecule has 0 spiro atoms. The number of carbonyl (C=O) groups excluding carboxylic acids is 2. The third-order valence-corrected chi connectivity index (χ3v) is 7.62. The molecular weight excluding hydrogens is 574 g/mol. The van der Waals surface area contributed by atoms with Gasteiger partial charge < -0.3 is 21.7 Å². The maximum Gasteiger partial charge on any atom is 0.252 e. The first kappa shape index (κ1) is 36.1. The summed E-state index contributed by atoms with van der Waals surface area (Å²) in [6, 6.07) is 17.4. The molecule has 9 heteroatoms. The van der Waals surface area contributed by atoms with Gasteiger partial charge in [0.15, 0.2) is 0 Å². The van der Waals surface area contributed by atoms with Crippen LogP contribution >= 0.6 is 0 Å². The van der Waals surface area contributed by atoms with Crippen molar-refractivity contribution in [2.24, 2.45) is 5.73 Å². The Morgan fingerprint density at radius 3 is 1.63 bits per heavy atom. The van der Waals surface area contributed by atoms with Gasteiger partial charge in [-0.2, -0.15) is 0 Å². The molecule has 0 saturated carbocycles. The molecule has 0 saturated heterocycles. The van der Waals surface area contributed by atoms with Crippen molar-refractivity contribution in [1.82, 2.24) is 25.6 Å². The second-order valence-corrected chi connectivity index (χ2v) is 11.3. The summed E-state index contributed by atoms with van der Waals surface area (Å²) >= 11 is 0. The molecule has 3 aromatic heterocycles. The molecule has 5 N–H and O–H groups in total. The number of hydrogen-bond donors (Lipinski definition) is 4. The molecule has 9 nitrogen and oxygen atoms in total. The fourth-order valence-corrected chi connectivity index (χ4v) is 5.01. The van der Waals surface area contributed by atoms with E-state index in [1.807, 2.05) is 30.5 Å². The van der Waals surface area contributed by atoms with Gasteiger partial charge in [-0.05, 0) is 68.6 Å². The molecule has 4 aromatic rings. The third-order valence-electron chi connectivity index (χ3n) is 7.62. The largest absolute Gasteiger partial charge is 0.384 e. The van der Waals surface area contributed by atoms with Gasteiger partial charge in [0.05, 0.1) is 16.6 Å². The molecule has 1 aromatic carbocycles. The highest BCUT2D eigenvalue weighted by Crippen LogP contribution is 2.21. The smallest absolute Gasteiger partial charge is 0.252 e. The topological polar surface area (TPSA) is 135 Å². The standard InChI is InChI=1S/C23H28N4O.C14H23N3O/c28-23(19-10-9-14-24-18-19)27-16-8-4-2-1-3-7-15-25-22-13-17-26-21-12-6-5-11-20(21)22;15-9-5-3-1-2-4-6-11-17-14(18)13-8-7-10-16-12-13/h5-6,9-14,17-18H,1-4,7-8,15-16H2,(H,25,26)(H,27,28);7-8,10,12H,1-6,9,11,15H2,(H,17,18). The number of para-hydroxylation sites is 1. The Balaban J connectivity index is 0.000000277. The summed E-state index contributed by atoms with van der Waals surface area (Å²) in [6.07, 6.45) is 22.4. The second-order valence-electron chi connectivity index (χ2n) is 11.3. The zero-order valence-electron chi connectivity index (χ0n) is 27.1. The van der Waals surface area contributed by atoms with Gasteiger partial charge in [0.25, 0.3) is 11.8 Å². The van der Waals surface area contributed by atoms with Crippen LogP contribution in [0.15, 0.2) is 85.6 Å². The van der Waals surface area contributed by atoms with E-state index in [0.29, 0.717) is 11.1 Å². The van der Waals surface area contributed by atoms with Crippen LogP contribution in [0, 0.1) is 0 Å². The lowest BCUT2D eigenvalue weighted by Gasteiger charge is -2.09. The fourth-order valence-electron chi connectivity index (χ4n) is 5.01. The Labute approximate surface area is 274 Å². The first-order valence-electron chi connectivity index (χ1n) is 16.8. The van der Waals surface area contributed by atoms with Crippen LogP contribution in [0.2, 0.25) is 0 Å². The maximum absolute atomic E-state index is 11.9. The summed E-state index contributed by atoms with van der Waals surface area (Å²) < 4.78 is 0. The number of anilines is 1. The van der Waals surface area contributed by atoms with Gasteiger partial charge in [0.1, 0.15) is 0 Å². The normalized spacial score (nSPS) is 10.5. The van der Waals surface area contributed by atoms with Crippen molar-refractivity contribution in [3.63, 3.8) is 0 Å². The van der Waals surface area contributed by atoms with Crippen LogP contribution < -0.4 is 21.7 Å². The molecule has 3 heterocycles. The van der Waals surface area contributed by atoms with Crippen molar-refractivity contribution in [3.8, 4) is 0 Å². The van der Waals surface area contributed by atoms with Crippen LogP contribution in [0.25, 0.3) is 10.9 Å². The maximum atomic E-state index is 11.9. The van der Waals surface area contributed by atoms with E-state index in [4.69, 9.17) is 5.73 Å². The van der Waals surface area contributed by atoms with Gasteiger partial charge in [-0.1, -0.05) is 69.6 Å². The molecule has 0 fully saturated rings. The number of hydrogen-bond acceptors (Lipinski definition) is 7. The number of benzene rings is 1. The zero-order chi connectivity index (χ0) is 32.5. The van der Waals surface area contributed by atoms with Crippen molar-refractivity contribution >= 4 is 28.4 Å². The molecule has 4 rings (SSSR count). The molecule has 0 aliphatic carbocycles. The average Bonchev–Trinajstić information content (AvgIpc) is 3.11. The molecule has 0 atom stereocenters. The van der Waals surface area contributed by atoms with E-state index in [0.717, 1.165) is 75.9 Å². The first-order valence-corrected chi connectivity index (χ1v) is 16.8. The number of amides is 2. The molecule has 0 unspecified atom stereocenters. The summed E-state index contributed by atoms with van der Waals surface area (Å²) in [6.45, 7) is 3.24. The van der Waals surface area contributed by atoms with E-state index < -0.39 is 0 Å². The van der Waals surface area contributed by atoms with Crippen LogP contribution in [0.5, 0.6) is 0 Å². The second kappa shape index (κ2) is 23.0. The van der Waals surface area contributed by atoms with Gasteiger partial charge in [0, 0.05) is 61.7 Å². The van der Waals surface area contributed by atoms with Crippen LogP contribution in [-0.2, 0) is 0 Å². The Kier molecular flexibility index (Phi) is 18.1. The number of rotatable bonds is 20. The first-order chi connectivity index (χ1) is 22.7. The zero-order valence-corrected chi connectivity index (χ0v) is 27.1. The van der Waals surface area contributed by atoms with E-state index in [2.05, 4.69) is 37.0 Å². The molecular formula is C37H51N7O2. The number of unbranched alkanes of at least 4 members (excludes halogenated alkanes) is 10. The van der Waals surface area contributed by atoms with Gasteiger partial charge in [-0.25, -0.2) is 0 Å². The van der Waals surface area contributed by atoms with Crippen LogP contribution in [-0.4, -0.2) is 52.9 Å². The summed E-state index contributed by atoms with van der Waals surface area (Å²) in [7, 11) is 0. The highest BCUT2D eigenvalue weighted by molar-refractivity contribution is 5.94.